The highest BCUT2D eigenvalue weighted by atomic mass is 32.2. The molecule has 0 fully saturated rings. The highest BCUT2D eigenvalue weighted by molar-refractivity contribution is 7.98. The Bertz CT molecular complexity index is 512. The summed E-state index contributed by atoms with van der Waals surface area (Å²) in [6.45, 7) is 9.83. The molecule has 0 unspecified atom stereocenters. The first kappa shape index (κ1) is 20.4. The molecule has 0 aliphatic carbocycles. The molecule has 0 atom stereocenters. The second kappa shape index (κ2) is 11.8. The van der Waals surface area contributed by atoms with E-state index in [4.69, 9.17) is 0 Å². The van der Waals surface area contributed by atoms with Gasteiger partial charge in [0.05, 0.1) is 6.54 Å². The van der Waals surface area contributed by atoms with E-state index in [2.05, 4.69) is 28.8 Å². The van der Waals surface area contributed by atoms with E-state index in [9.17, 15) is 4.79 Å². The van der Waals surface area contributed by atoms with Crippen LogP contribution in [0.25, 0.3) is 0 Å². The molecule has 6 heteroatoms. The van der Waals surface area contributed by atoms with Crippen molar-refractivity contribution < 1.29 is 4.79 Å². The van der Waals surface area contributed by atoms with Crippen LogP contribution in [0.1, 0.15) is 36.7 Å². The number of hydrogen-bond acceptors (Lipinski definition) is 3. The van der Waals surface area contributed by atoms with Crippen LogP contribution in [0.2, 0.25) is 0 Å². The van der Waals surface area contributed by atoms with Gasteiger partial charge in [0, 0.05) is 37.5 Å². The van der Waals surface area contributed by atoms with E-state index in [0.717, 1.165) is 49.0 Å². The van der Waals surface area contributed by atoms with E-state index in [-0.39, 0.29) is 5.91 Å². The van der Waals surface area contributed by atoms with Crippen molar-refractivity contribution in [1.82, 2.24) is 15.5 Å². The molecule has 1 rings (SSSR count). The second-order valence-electron chi connectivity index (χ2n) is 5.29. The van der Waals surface area contributed by atoms with Gasteiger partial charge >= 0.3 is 0 Å². The molecule has 0 aromatic heterocycles. The number of hydrogen-bond donors (Lipinski definition) is 2. The molecule has 0 saturated carbocycles. The van der Waals surface area contributed by atoms with Gasteiger partial charge in [-0.2, -0.15) is 11.8 Å². The minimum Gasteiger partial charge on any atom is -0.357 e. The van der Waals surface area contributed by atoms with Crippen LogP contribution in [0.4, 0.5) is 0 Å². The highest BCUT2D eigenvalue weighted by Crippen LogP contribution is 2.09. The molecule has 0 heterocycles. The standard InChI is InChI=1S/C18H30N4OS/c1-5-19-18(20-12-13-24-4)21-14-15-8-10-16(11-9-15)17(23)22(6-2)7-3/h8-11H,5-7,12-14H2,1-4H3,(H2,19,20,21). The van der Waals surface area contributed by atoms with Crippen molar-refractivity contribution in [3.05, 3.63) is 35.4 Å². The molecule has 0 saturated heterocycles. The number of benzene rings is 1. The van der Waals surface area contributed by atoms with Gasteiger partial charge < -0.3 is 15.5 Å². The van der Waals surface area contributed by atoms with E-state index >= 15 is 0 Å². The number of carbonyl (C=O) groups excluding carboxylic acids is 1. The van der Waals surface area contributed by atoms with Gasteiger partial charge in [-0.05, 0) is 44.7 Å². The lowest BCUT2D eigenvalue weighted by atomic mass is 10.1. The Morgan fingerprint density at radius 3 is 2.33 bits per heavy atom. The third-order valence-electron chi connectivity index (χ3n) is 3.61. The first-order valence-electron chi connectivity index (χ1n) is 8.55. The summed E-state index contributed by atoms with van der Waals surface area (Å²) in [5, 5.41) is 6.55. The lowest BCUT2D eigenvalue weighted by molar-refractivity contribution is 0.0773. The summed E-state index contributed by atoms with van der Waals surface area (Å²) in [5.41, 5.74) is 1.82. The van der Waals surface area contributed by atoms with E-state index < -0.39 is 0 Å². The predicted octanol–water partition coefficient (Wildman–Crippen LogP) is 2.59. The Morgan fingerprint density at radius 1 is 1.12 bits per heavy atom. The van der Waals surface area contributed by atoms with E-state index in [1.165, 1.54) is 0 Å². The number of carbonyl (C=O) groups is 1. The van der Waals surface area contributed by atoms with E-state index in [1.807, 2.05) is 43.0 Å². The van der Waals surface area contributed by atoms with Gasteiger partial charge in [0.25, 0.3) is 5.91 Å². The number of rotatable bonds is 9. The molecule has 1 amide bonds. The zero-order chi connectivity index (χ0) is 17.8. The van der Waals surface area contributed by atoms with Gasteiger partial charge in [0.2, 0.25) is 0 Å². The van der Waals surface area contributed by atoms with Crippen LogP contribution in [0, 0.1) is 0 Å². The molecule has 1 aromatic carbocycles. The largest absolute Gasteiger partial charge is 0.357 e. The summed E-state index contributed by atoms with van der Waals surface area (Å²) in [7, 11) is 0. The van der Waals surface area contributed by atoms with Crippen LogP contribution in [0.15, 0.2) is 29.3 Å². The van der Waals surface area contributed by atoms with E-state index in [0.29, 0.717) is 6.54 Å². The van der Waals surface area contributed by atoms with Crippen LogP contribution < -0.4 is 10.6 Å². The van der Waals surface area contributed by atoms with Crippen molar-refractivity contribution in [2.45, 2.75) is 27.3 Å². The molecule has 0 bridgehead atoms. The third-order valence-corrected chi connectivity index (χ3v) is 4.23. The number of nitrogens with one attached hydrogen (secondary N) is 2. The monoisotopic (exact) mass is 350 g/mol. The summed E-state index contributed by atoms with van der Waals surface area (Å²) < 4.78 is 0. The zero-order valence-electron chi connectivity index (χ0n) is 15.3. The van der Waals surface area contributed by atoms with Gasteiger partial charge in [-0.25, -0.2) is 4.99 Å². The average molecular weight is 351 g/mol. The van der Waals surface area contributed by atoms with Gasteiger partial charge in [-0.3, -0.25) is 4.79 Å². The fraction of sp³-hybridized carbons (Fsp3) is 0.556. The minimum atomic E-state index is 0.0853. The smallest absolute Gasteiger partial charge is 0.253 e. The molecule has 2 N–H and O–H groups in total. The number of thioether (sulfide) groups is 1. The Balaban J connectivity index is 2.67. The molecule has 1 aromatic rings. The SMILES string of the molecule is CCNC(=NCc1ccc(C(=O)N(CC)CC)cc1)NCCSC. The number of amides is 1. The topological polar surface area (TPSA) is 56.7 Å². The van der Waals surface area contributed by atoms with Crippen LogP contribution in [-0.4, -0.2) is 55.0 Å². The van der Waals surface area contributed by atoms with Gasteiger partial charge in [0.1, 0.15) is 0 Å². The first-order valence-corrected chi connectivity index (χ1v) is 9.94. The molecular weight excluding hydrogens is 320 g/mol. The van der Waals surface area contributed by atoms with Crippen molar-refractivity contribution >= 4 is 23.6 Å². The zero-order valence-corrected chi connectivity index (χ0v) is 16.1. The summed E-state index contributed by atoms with van der Waals surface area (Å²) in [5.74, 6) is 1.96. The quantitative estimate of drug-likeness (QED) is 0.408. The Morgan fingerprint density at radius 2 is 1.79 bits per heavy atom. The summed E-state index contributed by atoms with van der Waals surface area (Å²) >= 11 is 1.81. The van der Waals surface area contributed by atoms with Crippen molar-refractivity contribution in [1.29, 1.82) is 0 Å². The second-order valence-corrected chi connectivity index (χ2v) is 6.27. The van der Waals surface area contributed by atoms with Crippen LogP contribution in [-0.2, 0) is 6.54 Å². The van der Waals surface area contributed by atoms with Crippen LogP contribution >= 0.6 is 11.8 Å². The number of guanidine groups is 1. The Kier molecular flexibility index (Phi) is 10.00. The molecule has 24 heavy (non-hydrogen) atoms. The molecule has 134 valence electrons. The van der Waals surface area contributed by atoms with Gasteiger partial charge in [-0.1, -0.05) is 12.1 Å². The molecule has 0 aliphatic heterocycles. The van der Waals surface area contributed by atoms with E-state index in [1.54, 1.807) is 11.8 Å². The predicted molar refractivity (Wildman–Crippen MR) is 105 cm³/mol. The summed E-state index contributed by atoms with van der Waals surface area (Å²) in [4.78, 5) is 18.7. The molecule has 0 radical (unpaired) electrons. The minimum absolute atomic E-state index is 0.0853. The lowest BCUT2D eigenvalue weighted by Crippen LogP contribution is -2.38. The maximum absolute atomic E-state index is 12.3. The first-order chi connectivity index (χ1) is 11.7. The molecular formula is C18H30N4OS. The van der Waals surface area contributed by atoms with Crippen molar-refractivity contribution in [3.63, 3.8) is 0 Å². The van der Waals surface area contributed by atoms with Crippen molar-refractivity contribution in [3.8, 4) is 0 Å². The van der Waals surface area contributed by atoms with Crippen LogP contribution in [0.5, 0.6) is 0 Å². The third kappa shape index (κ3) is 6.83. The Hall–Kier alpha value is -1.69. The molecule has 0 aliphatic rings. The van der Waals surface area contributed by atoms with Gasteiger partial charge in [0.15, 0.2) is 5.96 Å². The number of nitrogens with zero attached hydrogens (tertiary/aromatic N) is 2. The summed E-state index contributed by atoms with van der Waals surface area (Å²) in [6, 6.07) is 7.73. The molecule has 5 nitrogen and oxygen atoms in total. The summed E-state index contributed by atoms with van der Waals surface area (Å²) in [6.07, 6.45) is 2.09. The average Bonchev–Trinajstić information content (AvgIpc) is 2.61. The maximum atomic E-state index is 12.3. The maximum Gasteiger partial charge on any atom is 0.253 e. The highest BCUT2D eigenvalue weighted by Gasteiger charge is 2.11. The van der Waals surface area contributed by atoms with Crippen LogP contribution in [0.3, 0.4) is 0 Å². The lowest BCUT2D eigenvalue weighted by Gasteiger charge is -2.18. The number of aliphatic imine (C=N–C) groups is 1. The molecule has 0 spiro atoms. The normalized spacial score (nSPS) is 11.2. The van der Waals surface area contributed by atoms with Crippen molar-refractivity contribution in [2.75, 3.05) is 38.2 Å². The fourth-order valence-electron chi connectivity index (χ4n) is 2.23. The van der Waals surface area contributed by atoms with Gasteiger partial charge in [-0.15, -0.1) is 0 Å². The fourth-order valence-corrected chi connectivity index (χ4v) is 2.54. The van der Waals surface area contributed by atoms with Crippen molar-refractivity contribution in [2.24, 2.45) is 4.99 Å². The Labute approximate surface area is 150 Å².